The minimum atomic E-state index is 0.683. The number of unbranched alkanes of at least 4 members (excludes halogenated alkanes) is 2. The molecule has 0 saturated heterocycles. The molecular weight excluding hydrogens is 192 g/mol. The van der Waals surface area contributed by atoms with Crippen LogP contribution in [0.3, 0.4) is 0 Å². The van der Waals surface area contributed by atoms with Gasteiger partial charge in [-0.3, -0.25) is 0 Å². The van der Waals surface area contributed by atoms with Crippen LogP contribution in [-0.2, 0) is 0 Å². The maximum atomic E-state index is 3.96. The fourth-order valence-electron chi connectivity index (χ4n) is 2.20. The molecule has 0 aromatic heterocycles. The Morgan fingerprint density at radius 3 is 2.44 bits per heavy atom. The molecule has 0 bridgehead atoms. The molecule has 2 atom stereocenters. The zero-order valence-corrected chi connectivity index (χ0v) is 11.5. The standard InChI is InChI=1S/C16H30/c1-5-9-11-13-16(8-4)14-15(7-3)12-10-6-2/h6-7,10,15-16H,3,5,8-9,11-14H2,1-2,4H3/b10-6+. The Labute approximate surface area is 103 Å². The molecule has 0 heterocycles. The first kappa shape index (κ1) is 15.5. The fraction of sp³-hybridized carbons (Fsp3) is 0.750. The number of hydrogen-bond donors (Lipinski definition) is 0. The molecule has 0 spiro atoms. The molecule has 0 radical (unpaired) electrons. The van der Waals surface area contributed by atoms with Gasteiger partial charge in [0.15, 0.2) is 0 Å². The summed E-state index contributed by atoms with van der Waals surface area (Å²) in [5, 5.41) is 0. The Kier molecular flexibility index (Phi) is 10.6. The van der Waals surface area contributed by atoms with E-state index in [1.165, 1.54) is 44.9 Å². The third-order valence-corrected chi connectivity index (χ3v) is 3.44. The zero-order chi connectivity index (χ0) is 12.2. The van der Waals surface area contributed by atoms with Crippen molar-refractivity contribution in [3.05, 3.63) is 24.8 Å². The van der Waals surface area contributed by atoms with Crippen molar-refractivity contribution in [2.75, 3.05) is 0 Å². The highest BCUT2D eigenvalue weighted by Crippen LogP contribution is 2.24. The SMILES string of the molecule is C=CC(C/C=C/C)CC(CC)CCCCC. The van der Waals surface area contributed by atoms with Crippen LogP contribution in [0, 0.1) is 11.8 Å². The van der Waals surface area contributed by atoms with Gasteiger partial charge in [0.05, 0.1) is 0 Å². The van der Waals surface area contributed by atoms with Crippen LogP contribution in [0.2, 0.25) is 0 Å². The van der Waals surface area contributed by atoms with Gasteiger partial charge in [0.25, 0.3) is 0 Å². The summed E-state index contributed by atoms with van der Waals surface area (Å²) in [6.07, 6.45) is 15.9. The van der Waals surface area contributed by atoms with Gasteiger partial charge in [0.1, 0.15) is 0 Å². The van der Waals surface area contributed by atoms with Gasteiger partial charge >= 0.3 is 0 Å². The lowest BCUT2D eigenvalue weighted by Crippen LogP contribution is -2.06. The Morgan fingerprint density at radius 1 is 1.19 bits per heavy atom. The Morgan fingerprint density at radius 2 is 1.94 bits per heavy atom. The molecule has 0 fully saturated rings. The molecule has 0 N–H and O–H groups in total. The predicted molar refractivity (Wildman–Crippen MR) is 75.7 cm³/mol. The third-order valence-electron chi connectivity index (χ3n) is 3.44. The monoisotopic (exact) mass is 222 g/mol. The maximum Gasteiger partial charge on any atom is -0.0199 e. The van der Waals surface area contributed by atoms with Crippen LogP contribution in [0.15, 0.2) is 24.8 Å². The van der Waals surface area contributed by atoms with E-state index in [9.17, 15) is 0 Å². The van der Waals surface area contributed by atoms with Crippen molar-refractivity contribution < 1.29 is 0 Å². The van der Waals surface area contributed by atoms with Crippen molar-refractivity contribution in [2.45, 2.75) is 65.7 Å². The lowest BCUT2D eigenvalue weighted by Gasteiger charge is -2.19. The Hall–Kier alpha value is -0.520. The van der Waals surface area contributed by atoms with Gasteiger partial charge in [-0.1, -0.05) is 64.2 Å². The van der Waals surface area contributed by atoms with Crippen molar-refractivity contribution in [1.29, 1.82) is 0 Å². The van der Waals surface area contributed by atoms with E-state index in [1.807, 2.05) is 0 Å². The summed E-state index contributed by atoms with van der Waals surface area (Å²) >= 11 is 0. The van der Waals surface area contributed by atoms with Crippen molar-refractivity contribution in [3.8, 4) is 0 Å². The number of rotatable bonds is 10. The van der Waals surface area contributed by atoms with Crippen LogP contribution >= 0.6 is 0 Å². The van der Waals surface area contributed by atoms with Crippen molar-refractivity contribution in [1.82, 2.24) is 0 Å². The van der Waals surface area contributed by atoms with Crippen molar-refractivity contribution in [3.63, 3.8) is 0 Å². The molecule has 2 unspecified atom stereocenters. The molecule has 0 rings (SSSR count). The molecule has 0 aliphatic carbocycles. The minimum Gasteiger partial charge on any atom is -0.103 e. The van der Waals surface area contributed by atoms with Crippen LogP contribution in [0.4, 0.5) is 0 Å². The lowest BCUT2D eigenvalue weighted by molar-refractivity contribution is 0.369. The average molecular weight is 222 g/mol. The van der Waals surface area contributed by atoms with E-state index < -0.39 is 0 Å². The zero-order valence-electron chi connectivity index (χ0n) is 11.5. The average Bonchev–Trinajstić information content (AvgIpc) is 2.32. The molecule has 0 aliphatic heterocycles. The van der Waals surface area contributed by atoms with E-state index in [2.05, 4.69) is 45.6 Å². The van der Waals surface area contributed by atoms with Crippen LogP contribution in [-0.4, -0.2) is 0 Å². The summed E-state index contributed by atoms with van der Waals surface area (Å²) in [7, 11) is 0. The summed E-state index contributed by atoms with van der Waals surface area (Å²) in [4.78, 5) is 0. The molecule has 0 aromatic carbocycles. The first-order valence-corrected chi connectivity index (χ1v) is 7.02. The van der Waals surface area contributed by atoms with E-state index in [0.717, 1.165) is 5.92 Å². The molecule has 0 amide bonds. The van der Waals surface area contributed by atoms with Crippen LogP contribution in [0.5, 0.6) is 0 Å². The van der Waals surface area contributed by atoms with E-state index in [4.69, 9.17) is 0 Å². The molecular formula is C16H30. The highest BCUT2D eigenvalue weighted by atomic mass is 14.2. The Balaban J connectivity index is 3.90. The lowest BCUT2D eigenvalue weighted by atomic mass is 9.87. The largest absolute Gasteiger partial charge is 0.103 e. The third kappa shape index (κ3) is 7.73. The van der Waals surface area contributed by atoms with E-state index in [0.29, 0.717) is 5.92 Å². The maximum absolute atomic E-state index is 3.96. The first-order valence-electron chi connectivity index (χ1n) is 7.02. The molecule has 16 heavy (non-hydrogen) atoms. The highest BCUT2D eigenvalue weighted by molar-refractivity contribution is 4.89. The topological polar surface area (TPSA) is 0 Å². The van der Waals surface area contributed by atoms with Gasteiger partial charge in [0, 0.05) is 0 Å². The molecule has 0 nitrogen and oxygen atoms in total. The summed E-state index contributed by atoms with van der Waals surface area (Å²) < 4.78 is 0. The van der Waals surface area contributed by atoms with Crippen LogP contribution in [0.1, 0.15) is 65.7 Å². The van der Waals surface area contributed by atoms with Gasteiger partial charge in [-0.15, -0.1) is 6.58 Å². The fourth-order valence-corrected chi connectivity index (χ4v) is 2.20. The summed E-state index contributed by atoms with van der Waals surface area (Å²) in [5.74, 6) is 1.59. The summed E-state index contributed by atoms with van der Waals surface area (Å²) in [5.41, 5.74) is 0. The van der Waals surface area contributed by atoms with Gasteiger partial charge in [-0.2, -0.15) is 0 Å². The summed E-state index contributed by atoms with van der Waals surface area (Å²) in [6.45, 7) is 10.7. The molecule has 0 saturated carbocycles. The van der Waals surface area contributed by atoms with Gasteiger partial charge in [0.2, 0.25) is 0 Å². The molecule has 0 heteroatoms. The Bertz CT molecular complexity index is 178. The quantitative estimate of drug-likeness (QED) is 0.326. The molecule has 0 aromatic rings. The van der Waals surface area contributed by atoms with E-state index in [1.54, 1.807) is 0 Å². The normalized spacial score (nSPS) is 15.2. The van der Waals surface area contributed by atoms with Crippen molar-refractivity contribution in [2.24, 2.45) is 11.8 Å². The second kappa shape index (κ2) is 11.0. The van der Waals surface area contributed by atoms with Crippen LogP contribution in [0.25, 0.3) is 0 Å². The minimum absolute atomic E-state index is 0.683. The summed E-state index contributed by atoms with van der Waals surface area (Å²) in [6, 6.07) is 0. The molecule has 0 aliphatic rings. The van der Waals surface area contributed by atoms with Gasteiger partial charge in [-0.25, -0.2) is 0 Å². The second-order valence-corrected chi connectivity index (χ2v) is 4.81. The van der Waals surface area contributed by atoms with Gasteiger partial charge in [-0.05, 0) is 31.6 Å². The second-order valence-electron chi connectivity index (χ2n) is 4.81. The first-order chi connectivity index (χ1) is 7.78. The van der Waals surface area contributed by atoms with Gasteiger partial charge < -0.3 is 0 Å². The molecule has 94 valence electrons. The smallest absolute Gasteiger partial charge is 0.0199 e. The highest BCUT2D eigenvalue weighted by Gasteiger charge is 2.11. The van der Waals surface area contributed by atoms with E-state index >= 15 is 0 Å². The van der Waals surface area contributed by atoms with Crippen molar-refractivity contribution >= 4 is 0 Å². The predicted octanol–water partition coefficient (Wildman–Crippen LogP) is 5.75. The number of allylic oxidation sites excluding steroid dienone is 3. The van der Waals surface area contributed by atoms with Crippen LogP contribution < -0.4 is 0 Å². The number of hydrogen-bond acceptors (Lipinski definition) is 0. The van der Waals surface area contributed by atoms with E-state index in [-0.39, 0.29) is 0 Å².